The van der Waals surface area contributed by atoms with Crippen LogP contribution in [0.1, 0.15) is 26.4 Å². The second-order valence-corrected chi connectivity index (χ2v) is 4.33. The molecule has 1 heterocycles. The molecule has 3 N–H and O–H groups in total. The quantitative estimate of drug-likeness (QED) is 0.471. The molecule has 2 aromatic rings. The highest BCUT2D eigenvalue weighted by atomic mass is 16.5. The number of aldehydes is 1. The molecule has 2 rings (SSSR count). The number of amides is 1. The lowest BCUT2D eigenvalue weighted by molar-refractivity contribution is 0.0954. The first-order valence-corrected chi connectivity index (χ1v) is 6.24. The molecule has 0 unspecified atom stereocenters. The number of aromatic nitrogens is 1. The van der Waals surface area contributed by atoms with Crippen molar-refractivity contribution in [2.75, 3.05) is 6.54 Å². The first-order valence-electron chi connectivity index (χ1n) is 6.24. The molecule has 8 heteroatoms. The van der Waals surface area contributed by atoms with Gasteiger partial charge in [-0.15, -0.1) is 0 Å². The average Bonchev–Trinajstić information content (AvgIpc) is 2.99. The molecule has 0 fully saturated rings. The Kier molecular flexibility index (Phi) is 4.86. The Morgan fingerprint density at radius 3 is 2.81 bits per heavy atom. The Bertz CT molecular complexity index is 627. The number of benzene rings is 1. The normalized spacial score (nSPS) is 10.2. The van der Waals surface area contributed by atoms with Gasteiger partial charge in [-0.1, -0.05) is 11.2 Å². The molecule has 108 valence electrons. The maximum Gasteiger partial charge on any atom is 0.489 e. The van der Waals surface area contributed by atoms with Crippen LogP contribution in [-0.2, 0) is 6.42 Å². The van der Waals surface area contributed by atoms with Gasteiger partial charge in [0.25, 0.3) is 5.91 Å². The summed E-state index contributed by atoms with van der Waals surface area (Å²) in [6.45, 7) is 0.367. The van der Waals surface area contributed by atoms with Crippen LogP contribution in [-0.4, -0.2) is 41.1 Å². The van der Waals surface area contributed by atoms with Gasteiger partial charge in [-0.05, 0) is 17.6 Å². The van der Waals surface area contributed by atoms with Crippen LogP contribution in [0.5, 0.6) is 0 Å². The summed E-state index contributed by atoms with van der Waals surface area (Å²) >= 11 is 0. The molecular formula is C13H13BN2O5. The van der Waals surface area contributed by atoms with Crippen molar-refractivity contribution in [1.82, 2.24) is 10.5 Å². The summed E-state index contributed by atoms with van der Waals surface area (Å²) in [6.07, 6.45) is 2.45. The molecule has 1 aromatic carbocycles. The van der Waals surface area contributed by atoms with Crippen LogP contribution in [0.15, 0.2) is 35.1 Å². The predicted molar refractivity (Wildman–Crippen MR) is 74.2 cm³/mol. The Morgan fingerprint density at radius 1 is 1.38 bits per heavy atom. The fourth-order valence-electron chi connectivity index (χ4n) is 1.83. The largest absolute Gasteiger partial charge is 0.489 e. The third-order valence-corrected chi connectivity index (χ3v) is 2.91. The Labute approximate surface area is 120 Å². The van der Waals surface area contributed by atoms with Crippen LogP contribution in [0.25, 0.3) is 0 Å². The first kappa shape index (κ1) is 15.0. The van der Waals surface area contributed by atoms with Crippen LogP contribution >= 0.6 is 0 Å². The van der Waals surface area contributed by atoms with Crippen LogP contribution in [0.3, 0.4) is 0 Å². The van der Waals surface area contributed by atoms with E-state index in [1.54, 1.807) is 6.07 Å². The maximum atomic E-state index is 11.9. The van der Waals surface area contributed by atoms with E-state index in [4.69, 9.17) is 10.0 Å². The van der Waals surface area contributed by atoms with E-state index in [0.717, 1.165) is 5.69 Å². The molecule has 0 saturated carbocycles. The fourth-order valence-corrected chi connectivity index (χ4v) is 1.83. The van der Waals surface area contributed by atoms with Crippen molar-refractivity contribution >= 4 is 24.8 Å². The zero-order valence-electron chi connectivity index (χ0n) is 11.0. The van der Waals surface area contributed by atoms with Gasteiger partial charge in [-0.2, -0.15) is 0 Å². The molecule has 0 radical (unpaired) electrons. The van der Waals surface area contributed by atoms with Gasteiger partial charge in [0, 0.05) is 30.2 Å². The molecule has 0 aliphatic heterocycles. The topological polar surface area (TPSA) is 113 Å². The number of rotatable bonds is 6. The van der Waals surface area contributed by atoms with Crippen molar-refractivity contribution in [1.29, 1.82) is 0 Å². The van der Waals surface area contributed by atoms with E-state index < -0.39 is 7.12 Å². The molecule has 0 saturated heterocycles. The number of hydrogen-bond acceptors (Lipinski definition) is 6. The SMILES string of the molecule is O=Cc1cc(C(=O)NCCc2ccon2)ccc1B(O)O. The summed E-state index contributed by atoms with van der Waals surface area (Å²) in [7, 11) is -1.76. The first-order chi connectivity index (χ1) is 10.1. The maximum absolute atomic E-state index is 11.9. The molecule has 0 spiro atoms. The number of nitrogens with one attached hydrogen (secondary N) is 1. The highest BCUT2D eigenvalue weighted by molar-refractivity contribution is 6.60. The molecule has 7 nitrogen and oxygen atoms in total. The Balaban J connectivity index is 2.00. The van der Waals surface area contributed by atoms with Gasteiger partial charge in [0.05, 0.1) is 5.69 Å². The highest BCUT2D eigenvalue weighted by Crippen LogP contribution is 2.03. The van der Waals surface area contributed by atoms with Crippen LogP contribution in [0.4, 0.5) is 0 Å². The van der Waals surface area contributed by atoms with Crippen molar-refractivity contribution in [3.8, 4) is 0 Å². The number of nitrogens with zero attached hydrogens (tertiary/aromatic N) is 1. The van der Waals surface area contributed by atoms with E-state index in [9.17, 15) is 9.59 Å². The van der Waals surface area contributed by atoms with Crippen molar-refractivity contribution in [3.05, 3.63) is 47.3 Å². The summed E-state index contributed by atoms with van der Waals surface area (Å²) in [6, 6.07) is 5.77. The molecule has 1 aromatic heterocycles. The zero-order chi connectivity index (χ0) is 15.2. The van der Waals surface area contributed by atoms with E-state index in [1.807, 2.05) is 0 Å². The summed E-state index contributed by atoms with van der Waals surface area (Å²) in [4.78, 5) is 22.8. The van der Waals surface area contributed by atoms with Crippen molar-refractivity contribution < 1.29 is 24.2 Å². The Hall–Kier alpha value is -2.45. The standard InChI is InChI=1S/C13H13BN2O5/c17-8-10-7-9(1-2-12(10)14(19)20)13(18)15-5-3-11-4-6-21-16-11/h1-2,4,6-8,19-20H,3,5H2,(H,15,18). The minimum absolute atomic E-state index is 0.0594. The third-order valence-electron chi connectivity index (χ3n) is 2.91. The van der Waals surface area contributed by atoms with Crippen LogP contribution in [0.2, 0.25) is 0 Å². The molecule has 21 heavy (non-hydrogen) atoms. The molecule has 1 amide bonds. The number of carbonyl (C=O) groups is 2. The summed E-state index contributed by atoms with van der Waals surface area (Å²) in [5.74, 6) is -0.361. The third kappa shape index (κ3) is 3.77. The molecule has 0 aliphatic carbocycles. The highest BCUT2D eigenvalue weighted by Gasteiger charge is 2.17. The summed E-state index contributed by atoms with van der Waals surface area (Å²) < 4.78 is 4.67. The van der Waals surface area contributed by atoms with Gasteiger partial charge in [0.15, 0.2) is 0 Å². The molecule has 0 bridgehead atoms. The van der Waals surface area contributed by atoms with Crippen LogP contribution in [0, 0.1) is 0 Å². The number of carbonyl (C=O) groups excluding carboxylic acids is 2. The van der Waals surface area contributed by atoms with E-state index in [1.165, 1.54) is 24.5 Å². The van der Waals surface area contributed by atoms with E-state index in [0.29, 0.717) is 19.3 Å². The predicted octanol–water partition coefficient (Wildman–Crippen LogP) is -0.861. The summed E-state index contributed by atoms with van der Waals surface area (Å²) in [5.41, 5.74) is 1.11. The summed E-state index contributed by atoms with van der Waals surface area (Å²) in [5, 5.41) is 24.6. The van der Waals surface area contributed by atoms with Gasteiger partial charge in [0.1, 0.15) is 12.5 Å². The fraction of sp³-hybridized carbons (Fsp3) is 0.154. The van der Waals surface area contributed by atoms with Crippen LogP contribution < -0.4 is 10.8 Å². The van der Waals surface area contributed by atoms with Gasteiger partial charge in [0.2, 0.25) is 0 Å². The second kappa shape index (κ2) is 6.82. The van der Waals surface area contributed by atoms with E-state index in [2.05, 4.69) is 15.0 Å². The lowest BCUT2D eigenvalue weighted by Gasteiger charge is -2.07. The Morgan fingerprint density at radius 2 is 2.19 bits per heavy atom. The average molecular weight is 288 g/mol. The lowest BCUT2D eigenvalue weighted by atomic mass is 9.77. The lowest BCUT2D eigenvalue weighted by Crippen LogP contribution is -2.34. The van der Waals surface area contributed by atoms with Gasteiger partial charge >= 0.3 is 7.12 Å². The van der Waals surface area contributed by atoms with Gasteiger partial charge < -0.3 is 19.9 Å². The van der Waals surface area contributed by atoms with E-state index in [-0.39, 0.29) is 22.5 Å². The monoisotopic (exact) mass is 288 g/mol. The minimum atomic E-state index is -1.76. The molecule has 0 aliphatic rings. The number of hydrogen-bond donors (Lipinski definition) is 3. The van der Waals surface area contributed by atoms with Gasteiger partial charge in [-0.3, -0.25) is 9.59 Å². The molecule has 0 atom stereocenters. The smallest absolute Gasteiger partial charge is 0.423 e. The second-order valence-electron chi connectivity index (χ2n) is 4.33. The van der Waals surface area contributed by atoms with Gasteiger partial charge in [-0.25, -0.2) is 0 Å². The van der Waals surface area contributed by atoms with E-state index >= 15 is 0 Å². The van der Waals surface area contributed by atoms with Crippen molar-refractivity contribution in [2.24, 2.45) is 0 Å². The zero-order valence-corrected chi connectivity index (χ0v) is 11.0. The van der Waals surface area contributed by atoms with Crippen molar-refractivity contribution in [3.63, 3.8) is 0 Å². The minimum Gasteiger partial charge on any atom is -0.423 e. The van der Waals surface area contributed by atoms with Crippen molar-refractivity contribution in [2.45, 2.75) is 6.42 Å². The molecular weight excluding hydrogens is 275 g/mol.